The Morgan fingerprint density at radius 1 is 1.29 bits per heavy atom. The van der Waals surface area contributed by atoms with Gasteiger partial charge in [-0.2, -0.15) is 0 Å². The molecule has 0 aromatic heterocycles. The van der Waals surface area contributed by atoms with Crippen LogP contribution in [-0.2, 0) is 16.1 Å². The number of ether oxygens (including phenoxy) is 1. The largest absolute Gasteiger partial charge is 0.463 e. The third kappa shape index (κ3) is 2.96. The lowest BCUT2D eigenvalue weighted by Gasteiger charge is -2.29. The summed E-state index contributed by atoms with van der Waals surface area (Å²) in [4.78, 5) is 12.1. The molecule has 1 fully saturated rings. The number of nitrogens with zero attached hydrogens (tertiary/aromatic N) is 1. The molecule has 0 bridgehead atoms. The number of anilines is 1. The second-order valence-electron chi connectivity index (χ2n) is 4.24. The number of rotatable bonds is 4. The van der Waals surface area contributed by atoms with Gasteiger partial charge in [0, 0.05) is 13.1 Å². The first-order valence-electron chi connectivity index (χ1n) is 5.90. The van der Waals surface area contributed by atoms with Gasteiger partial charge in [0.1, 0.15) is 12.4 Å². The molecule has 0 N–H and O–H groups in total. The van der Waals surface area contributed by atoms with Crippen LogP contribution in [0.3, 0.4) is 0 Å². The minimum Gasteiger partial charge on any atom is -0.463 e. The molecule has 0 spiro atoms. The lowest BCUT2D eigenvalue weighted by molar-refractivity contribution is -0.129. The number of carbonyl (C=O) groups is 1. The van der Waals surface area contributed by atoms with E-state index in [0.717, 1.165) is 25.9 Å². The fraction of sp³-hybridized carbons (Fsp3) is 0.462. The van der Waals surface area contributed by atoms with Crippen LogP contribution in [0.25, 0.3) is 0 Å². The summed E-state index contributed by atoms with van der Waals surface area (Å²) in [6.07, 6.45) is 3.47. The van der Waals surface area contributed by atoms with E-state index < -0.39 is 0 Å². The van der Waals surface area contributed by atoms with Crippen molar-refractivity contribution in [1.82, 2.24) is 0 Å². The van der Waals surface area contributed by atoms with Crippen LogP contribution in [0.1, 0.15) is 24.8 Å². The molecular formula is C13H16FNO2. The number of halogens is 1. The van der Waals surface area contributed by atoms with E-state index in [1.165, 1.54) is 12.5 Å². The van der Waals surface area contributed by atoms with Gasteiger partial charge in [-0.1, -0.05) is 6.07 Å². The van der Waals surface area contributed by atoms with Crippen LogP contribution in [0.15, 0.2) is 18.2 Å². The van der Waals surface area contributed by atoms with Gasteiger partial charge in [0.2, 0.25) is 0 Å². The highest BCUT2D eigenvalue weighted by Gasteiger charge is 2.14. The van der Waals surface area contributed by atoms with E-state index in [4.69, 9.17) is 0 Å². The Morgan fingerprint density at radius 3 is 2.71 bits per heavy atom. The Kier molecular flexibility index (Phi) is 3.96. The molecule has 0 amide bonds. The van der Waals surface area contributed by atoms with Gasteiger partial charge in [0.25, 0.3) is 6.47 Å². The number of hydrogen-bond donors (Lipinski definition) is 0. The average molecular weight is 237 g/mol. The topological polar surface area (TPSA) is 29.5 Å². The molecule has 1 aromatic carbocycles. The van der Waals surface area contributed by atoms with Crippen LogP contribution >= 0.6 is 0 Å². The summed E-state index contributed by atoms with van der Waals surface area (Å²) in [5.41, 5.74) is 1.33. The molecule has 1 aliphatic rings. The van der Waals surface area contributed by atoms with Crippen LogP contribution in [0.5, 0.6) is 0 Å². The van der Waals surface area contributed by atoms with E-state index in [0.29, 0.717) is 17.7 Å². The lowest BCUT2D eigenvalue weighted by Crippen LogP contribution is -2.30. The van der Waals surface area contributed by atoms with Gasteiger partial charge in [-0.25, -0.2) is 4.39 Å². The minimum atomic E-state index is -0.237. The van der Waals surface area contributed by atoms with Gasteiger partial charge in [0.05, 0.1) is 5.69 Å². The molecule has 0 saturated carbocycles. The van der Waals surface area contributed by atoms with Gasteiger partial charge < -0.3 is 9.64 Å². The zero-order chi connectivity index (χ0) is 12.1. The van der Waals surface area contributed by atoms with Crippen LogP contribution in [0.4, 0.5) is 10.1 Å². The van der Waals surface area contributed by atoms with E-state index in [-0.39, 0.29) is 12.4 Å². The standard InChI is InChI=1S/C13H16FNO2/c14-12-8-11(9-17-10-16)4-5-13(12)15-6-2-1-3-7-15/h4-5,8,10H,1-3,6-7,9H2. The molecule has 4 heteroatoms. The normalized spacial score (nSPS) is 15.7. The second kappa shape index (κ2) is 5.66. The minimum absolute atomic E-state index is 0.126. The van der Waals surface area contributed by atoms with E-state index >= 15 is 0 Å². The summed E-state index contributed by atoms with van der Waals surface area (Å²) in [6, 6.07) is 5.01. The third-order valence-corrected chi connectivity index (χ3v) is 3.03. The lowest BCUT2D eigenvalue weighted by atomic mass is 10.1. The Balaban J connectivity index is 2.10. The monoisotopic (exact) mass is 237 g/mol. The highest BCUT2D eigenvalue weighted by Crippen LogP contribution is 2.24. The van der Waals surface area contributed by atoms with Gasteiger partial charge in [-0.3, -0.25) is 4.79 Å². The molecule has 17 heavy (non-hydrogen) atoms. The summed E-state index contributed by atoms with van der Waals surface area (Å²) in [7, 11) is 0. The molecule has 1 heterocycles. The zero-order valence-electron chi connectivity index (χ0n) is 9.69. The van der Waals surface area contributed by atoms with E-state index in [2.05, 4.69) is 9.64 Å². The summed E-state index contributed by atoms with van der Waals surface area (Å²) in [5.74, 6) is -0.237. The van der Waals surface area contributed by atoms with Gasteiger partial charge in [0.15, 0.2) is 0 Å². The number of benzene rings is 1. The predicted molar refractivity (Wildman–Crippen MR) is 63.3 cm³/mol. The average Bonchev–Trinajstić information content (AvgIpc) is 2.37. The Bertz CT molecular complexity index is 389. The molecule has 0 radical (unpaired) electrons. The van der Waals surface area contributed by atoms with Crippen molar-refractivity contribution in [3.8, 4) is 0 Å². The van der Waals surface area contributed by atoms with Crippen LogP contribution < -0.4 is 4.90 Å². The van der Waals surface area contributed by atoms with Gasteiger partial charge in [-0.15, -0.1) is 0 Å². The van der Waals surface area contributed by atoms with Crippen molar-refractivity contribution in [2.24, 2.45) is 0 Å². The Labute approximate surface area is 100 Å². The summed E-state index contributed by atoms with van der Waals surface area (Å²) >= 11 is 0. The third-order valence-electron chi connectivity index (χ3n) is 3.03. The van der Waals surface area contributed by atoms with Crippen LogP contribution in [-0.4, -0.2) is 19.6 Å². The quantitative estimate of drug-likeness (QED) is 0.753. The highest BCUT2D eigenvalue weighted by molar-refractivity contribution is 5.49. The fourth-order valence-corrected chi connectivity index (χ4v) is 2.16. The highest BCUT2D eigenvalue weighted by atomic mass is 19.1. The molecule has 92 valence electrons. The van der Waals surface area contributed by atoms with Crippen molar-refractivity contribution in [2.45, 2.75) is 25.9 Å². The maximum absolute atomic E-state index is 13.9. The summed E-state index contributed by atoms with van der Waals surface area (Å²) < 4.78 is 18.5. The van der Waals surface area contributed by atoms with Crippen molar-refractivity contribution in [1.29, 1.82) is 0 Å². The molecule has 2 rings (SSSR count). The van der Waals surface area contributed by atoms with Crippen molar-refractivity contribution >= 4 is 12.2 Å². The molecule has 1 aliphatic heterocycles. The van der Waals surface area contributed by atoms with Crippen molar-refractivity contribution in [3.05, 3.63) is 29.6 Å². The first kappa shape index (κ1) is 11.9. The number of hydrogen-bond acceptors (Lipinski definition) is 3. The zero-order valence-corrected chi connectivity index (χ0v) is 9.69. The van der Waals surface area contributed by atoms with Crippen LogP contribution in [0.2, 0.25) is 0 Å². The molecule has 1 saturated heterocycles. The SMILES string of the molecule is O=COCc1ccc(N2CCCCC2)c(F)c1. The summed E-state index contributed by atoms with van der Waals surface area (Å²) in [5, 5.41) is 0. The maximum atomic E-state index is 13.9. The second-order valence-corrected chi connectivity index (χ2v) is 4.24. The Hall–Kier alpha value is -1.58. The van der Waals surface area contributed by atoms with Crippen molar-refractivity contribution < 1.29 is 13.9 Å². The first-order chi connectivity index (χ1) is 8.31. The Morgan fingerprint density at radius 2 is 2.06 bits per heavy atom. The van der Waals surface area contributed by atoms with Gasteiger partial charge >= 0.3 is 0 Å². The molecule has 3 nitrogen and oxygen atoms in total. The fourth-order valence-electron chi connectivity index (χ4n) is 2.16. The number of carbonyl (C=O) groups excluding carboxylic acids is 1. The number of piperidine rings is 1. The first-order valence-corrected chi connectivity index (χ1v) is 5.90. The van der Waals surface area contributed by atoms with E-state index in [1.807, 2.05) is 0 Å². The van der Waals surface area contributed by atoms with Crippen molar-refractivity contribution in [3.63, 3.8) is 0 Å². The van der Waals surface area contributed by atoms with Crippen molar-refractivity contribution in [2.75, 3.05) is 18.0 Å². The smallest absolute Gasteiger partial charge is 0.293 e. The van der Waals surface area contributed by atoms with Gasteiger partial charge in [-0.05, 0) is 37.0 Å². The van der Waals surface area contributed by atoms with E-state index in [1.54, 1.807) is 12.1 Å². The molecule has 0 aliphatic carbocycles. The van der Waals surface area contributed by atoms with E-state index in [9.17, 15) is 9.18 Å². The molecular weight excluding hydrogens is 221 g/mol. The predicted octanol–water partition coefficient (Wildman–Crippen LogP) is 2.49. The maximum Gasteiger partial charge on any atom is 0.293 e. The molecule has 0 atom stereocenters. The molecule has 0 unspecified atom stereocenters. The molecule has 1 aromatic rings. The van der Waals surface area contributed by atoms with Crippen LogP contribution in [0, 0.1) is 5.82 Å². The summed E-state index contributed by atoms with van der Waals surface area (Å²) in [6.45, 7) is 2.33.